The molecule has 0 aliphatic heterocycles. The molecule has 1 aliphatic carbocycles. The Hall–Kier alpha value is -0.750. The summed E-state index contributed by atoms with van der Waals surface area (Å²) in [6, 6.07) is 0.900. The van der Waals surface area contributed by atoms with Gasteiger partial charge in [0.2, 0.25) is 0 Å². The van der Waals surface area contributed by atoms with E-state index in [1.54, 1.807) is 16.3 Å². The topological polar surface area (TPSA) is 62.7 Å². The lowest BCUT2D eigenvalue weighted by molar-refractivity contribution is 0.613. The maximum atomic E-state index is 11.5. The molecule has 0 amide bonds. The Balaban J connectivity index is 1.87. The Morgan fingerprint density at radius 2 is 2.38 bits per heavy atom. The van der Waals surface area contributed by atoms with E-state index in [1.807, 2.05) is 0 Å². The van der Waals surface area contributed by atoms with Crippen LogP contribution in [0.5, 0.6) is 0 Å². The van der Waals surface area contributed by atoms with E-state index < -0.39 is 0 Å². The van der Waals surface area contributed by atoms with Crippen LogP contribution in [0.3, 0.4) is 0 Å². The van der Waals surface area contributed by atoms with Gasteiger partial charge in [0.15, 0.2) is 5.16 Å². The van der Waals surface area contributed by atoms with E-state index in [1.165, 1.54) is 0 Å². The number of rotatable bonds is 6. The van der Waals surface area contributed by atoms with E-state index >= 15 is 0 Å². The normalized spacial score (nSPS) is 15.9. The third kappa shape index (κ3) is 2.89. The number of aromatic amines is 1. The molecule has 1 fully saturated rings. The predicted octanol–water partition coefficient (Wildman–Crippen LogP) is 0.996. The van der Waals surface area contributed by atoms with Crippen molar-refractivity contribution >= 4 is 11.8 Å². The number of hydrogen-bond acceptors (Lipinski definition) is 4. The van der Waals surface area contributed by atoms with Gasteiger partial charge in [-0.25, -0.2) is 9.89 Å². The first-order chi connectivity index (χ1) is 7.68. The van der Waals surface area contributed by atoms with Crippen molar-refractivity contribution in [2.24, 2.45) is 0 Å². The highest BCUT2D eigenvalue weighted by Gasteiger charge is 2.28. The molecular formula is C10H18N4OS. The van der Waals surface area contributed by atoms with Crippen LogP contribution >= 0.6 is 11.8 Å². The second kappa shape index (κ2) is 5.05. The molecule has 0 bridgehead atoms. The molecular weight excluding hydrogens is 224 g/mol. The van der Waals surface area contributed by atoms with Crippen LogP contribution in [0.15, 0.2) is 9.95 Å². The van der Waals surface area contributed by atoms with Crippen LogP contribution in [0.2, 0.25) is 0 Å². The Morgan fingerprint density at radius 3 is 3.00 bits per heavy atom. The fourth-order valence-corrected chi connectivity index (χ4v) is 2.42. The molecule has 0 unspecified atom stereocenters. The monoisotopic (exact) mass is 242 g/mol. The molecule has 1 aromatic rings. The Morgan fingerprint density at radius 1 is 1.62 bits per heavy atom. The van der Waals surface area contributed by atoms with Gasteiger partial charge in [-0.2, -0.15) is 0 Å². The van der Waals surface area contributed by atoms with Crippen LogP contribution in [0, 0.1) is 0 Å². The highest BCUT2D eigenvalue weighted by molar-refractivity contribution is 7.99. The first kappa shape index (κ1) is 11.7. The summed E-state index contributed by atoms with van der Waals surface area (Å²) in [6.45, 7) is 5.19. The minimum Gasteiger partial charge on any atom is -0.314 e. The van der Waals surface area contributed by atoms with Crippen LogP contribution in [0.1, 0.15) is 32.7 Å². The largest absolute Gasteiger partial charge is 0.344 e. The number of H-pyrrole nitrogens is 1. The van der Waals surface area contributed by atoms with Crippen molar-refractivity contribution < 1.29 is 0 Å². The molecule has 2 N–H and O–H groups in total. The zero-order chi connectivity index (χ0) is 11.5. The Kier molecular flexibility index (Phi) is 3.70. The van der Waals surface area contributed by atoms with Crippen LogP contribution in [-0.2, 0) is 0 Å². The number of thioether (sulfide) groups is 1. The van der Waals surface area contributed by atoms with Crippen molar-refractivity contribution in [2.75, 3.05) is 12.3 Å². The molecule has 1 saturated carbocycles. The van der Waals surface area contributed by atoms with E-state index in [4.69, 9.17) is 0 Å². The van der Waals surface area contributed by atoms with Crippen molar-refractivity contribution in [3.05, 3.63) is 10.5 Å². The maximum Gasteiger partial charge on any atom is 0.344 e. The van der Waals surface area contributed by atoms with E-state index in [2.05, 4.69) is 29.4 Å². The first-order valence-electron chi connectivity index (χ1n) is 5.71. The molecule has 0 aromatic carbocycles. The van der Waals surface area contributed by atoms with Gasteiger partial charge < -0.3 is 5.32 Å². The molecule has 1 heterocycles. The minimum absolute atomic E-state index is 0.0678. The zero-order valence-electron chi connectivity index (χ0n) is 9.69. The van der Waals surface area contributed by atoms with Crippen LogP contribution < -0.4 is 11.0 Å². The maximum absolute atomic E-state index is 11.5. The SMILES string of the molecule is CC(C)NCCSc1n[nH]c(=O)n1C1CC1. The average Bonchev–Trinajstić information content (AvgIpc) is 2.99. The van der Waals surface area contributed by atoms with Gasteiger partial charge in [-0.1, -0.05) is 25.6 Å². The summed E-state index contributed by atoms with van der Waals surface area (Å²) in [5.41, 5.74) is -0.0678. The van der Waals surface area contributed by atoms with Crippen molar-refractivity contribution in [1.29, 1.82) is 0 Å². The third-order valence-corrected chi connectivity index (χ3v) is 3.42. The standard InChI is InChI=1S/C10H18N4OS/c1-7(2)11-5-6-16-10-13-12-9(15)14(10)8-3-4-8/h7-8,11H,3-6H2,1-2H3,(H,12,15). The van der Waals surface area contributed by atoms with Crippen molar-refractivity contribution in [3.63, 3.8) is 0 Å². The van der Waals surface area contributed by atoms with Gasteiger partial charge in [-0.3, -0.25) is 4.57 Å². The van der Waals surface area contributed by atoms with Gasteiger partial charge in [0, 0.05) is 24.4 Å². The van der Waals surface area contributed by atoms with Gasteiger partial charge in [-0.05, 0) is 12.8 Å². The molecule has 0 spiro atoms. The highest BCUT2D eigenvalue weighted by Crippen LogP contribution is 2.35. The van der Waals surface area contributed by atoms with E-state index in [9.17, 15) is 4.79 Å². The summed E-state index contributed by atoms with van der Waals surface area (Å²) in [6.07, 6.45) is 2.22. The Bertz CT molecular complexity index is 394. The number of nitrogens with zero attached hydrogens (tertiary/aromatic N) is 2. The molecule has 0 radical (unpaired) electrons. The summed E-state index contributed by atoms with van der Waals surface area (Å²) < 4.78 is 1.79. The van der Waals surface area contributed by atoms with E-state index in [0.717, 1.165) is 30.3 Å². The molecule has 1 aliphatic rings. The second-order valence-corrected chi connectivity index (χ2v) is 5.43. The van der Waals surface area contributed by atoms with Gasteiger partial charge >= 0.3 is 5.69 Å². The van der Waals surface area contributed by atoms with Crippen molar-refractivity contribution in [3.8, 4) is 0 Å². The van der Waals surface area contributed by atoms with Crippen LogP contribution in [-0.4, -0.2) is 33.1 Å². The van der Waals surface area contributed by atoms with E-state index in [0.29, 0.717) is 12.1 Å². The van der Waals surface area contributed by atoms with Gasteiger partial charge in [0.1, 0.15) is 0 Å². The lowest BCUT2D eigenvalue weighted by Gasteiger charge is -2.07. The summed E-state index contributed by atoms with van der Waals surface area (Å²) in [5.74, 6) is 0.940. The quantitative estimate of drug-likeness (QED) is 0.577. The zero-order valence-corrected chi connectivity index (χ0v) is 10.5. The molecule has 5 nitrogen and oxygen atoms in total. The van der Waals surface area contributed by atoms with Crippen LogP contribution in [0.25, 0.3) is 0 Å². The van der Waals surface area contributed by atoms with Gasteiger partial charge in [0.25, 0.3) is 0 Å². The molecule has 6 heteroatoms. The highest BCUT2D eigenvalue weighted by atomic mass is 32.2. The number of nitrogens with one attached hydrogen (secondary N) is 2. The smallest absolute Gasteiger partial charge is 0.314 e. The molecule has 0 atom stereocenters. The molecule has 1 aromatic heterocycles. The van der Waals surface area contributed by atoms with Gasteiger partial charge in [0.05, 0.1) is 0 Å². The molecule has 0 saturated heterocycles. The summed E-state index contributed by atoms with van der Waals surface area (Å²) in [7, 11) is 0. The predicted molar refractivity (Wildman–Crippen MR) is 65.0 cm³/mol. The van der Waals surface area contributed by atoms with E-state index in [-0.39, 0.29) is 5.69 Å². The number of aromatic nitrogens is 3. The van der Waals surface area contributed by atoms with Crippen LogP contribution in [0.4, 0.5) is 0 Å². The summed E-state index contributed by atoms with van der Waals surface area (Å²) in [5, 5.41) is 10.8. The second-order valence-electron chi connectivity index (χ2n) is 4.37. The lowest BCUT2D eigenvalue weighted by atomic mass is 10.4. The lowest BCUT2D eigenvalue weighted by Crippen LogP contribution is -2.25. The molecule has 90 valence electrons. The summed E-state index contributed by atoms with van der Waals surface area (Å²) >= 11 is 1.64. The fraction of sp³-hybridized carbons (Fsp3) is 0.800. The molecule has 16 heavy (non-hydrogen) atoms. The third-order valence-electron chi connectivity index (χ3n) is 2.47. The average molecular weight is 242 g/mol. The fourth-order valence-electron chi connectivity index (χ4n) is 1.54. The van der Waals surface area contributed by atoms with Crippen molar-refractivity contribution in [1.82, 2.24) is 20.1 Å². The van der Waals surface area contributed by atoms with Gasteiger partial charge in [-0.15, -0.1) is 5.10 Å². The first-order valence-corrected chi connectivity index (χ1v) is 6.70. The molecule has 2 rings (SSSR count). The minimum atomic E-state index is -0.0678. The number of hydrogen-bond donors (Lipinski definition) is 2. The summed E-state index contributed by atoms with van der Waals surface area (Å²) in [4.78, 5) is 11.5. The van der Waals surface area contributed by atoms with Crippen molar-refractivity contribution in [2.45, 2.75) is 43.9 Å². The Labute approximate surface area is 99.0 Å².